The third kappa shape index (κ3) is 4.53. The van der Waals surface area contributed by atoms with Gasteiger partial charge in [0.1, 0.15) is 0 Å². The molecule has 0 radical (unpaired) electrons. The molecule has 0 aliphatic heterocycles. The lowest BCUT2D eigenvalue weighted by atomic mass is 10.2. The maximum absolute atomic E-state index is 12.7. The predicted molar refractivity (Wildman–Crippen MR) is 85.6 cm³/mol. The van der Waals surface area contributed by atoms with E-state index in [2.05, 4.69) is 19.2 Å². The van der Waals surface area contributed by atoms with Crippen molar-refractivity contribution in [1.29, 1.82) is 0 Å². The summed E-state index contributed by atoms with van der Waals surface area (Å²) in [6.07, 6.45) is 2.31. The lowest BCUT2D eigenvalue weighted by molar-refractivity contribution is 0.412. The van der Waals surface area contributed by atoms with Crippen LogP contribution in [0.3, 0.4) is 0 Å². The minimum absolute atomic E-state index is 0.382. The lowest BCUT2D eigenvalue weighted by Crippen LogP contribution is -2.32. The molecular formula is C16H26N2O2S. The van der Waals surface area contributed by atoms with Crippen molar-refractivity contribution in [3.63, 3.8) is 0 Å². The van der Waals surface area contributed by atoms with E-state index in [-0.39, 0.29) is 0 Å². The third-order valence-electron chi connectivity index (χ3n) is 3.76. The van der Waals surface area contributed by atoms with Gasteiger partial charge in [0.15, 0.2) is 0 Å². The van der Waals surface area contributed by atoms with E-state index in [1.165, 1.54) is 0 Å². The first-order valence-corrected chi connectivity index (χ1v) is 9.20. The van der Waals surface area contributed by atoms with Crippen molar-refractivity contribution < 1.29 is 8.42 Å². The molecule has 1 aliphatic carbocycles. The molecule has 21 heavy (non-hydrogen) atoms. The van der Waals surface area contributed by atoms with Crippen LogP contribution in [0.25, 0.3) is 0 Å². The number of nitrogens with zero attached hydrogens (tertiary/aromatic N) is 1. The van der Waals surface area contributed by atoms with Gasteiger partial charge in [0.2, 0.25) is 10.0 Å². The molecule has 2 rings (SSSR count). The van der Waals surface area contributed by atoms with Crippen molar-refractivity contribution in [2.45, 2.75) is 51.1 Å². The molecule has 1 saturated carbocycles. The van der Waals surface area contributed by atoms with Crippen molar-refractivity contribution in [2.24, 2.45) is 5.92 Å². The molecule has 0 amide bonds. The largest absolute Gasteiger partial charge is 0.310 e. The first kappa shape index (κ1) is 16.5. The molecule has 0 spiro atoms. The topological polar surface area (TPSA) is 49.4 Å². The zero-order chi connectivity index (χ0) is 15.5. The highest BCUT2D eigenvalue weighted by molar-refractivity contribution is 7.89. The van der Waals surface area contributed by atoms with E-state index in [1.807, 2.05) is 19.1 Å². The van der Waals surface area contributed by atoms with Gasteiger partial charge in [-0.2, -0.15) is 4.31 Å². The van der Waals surface area contributed by atoms with Gasteiger partial charge in [0, 0.05) is 25.7 Å². The molecule has 1 aromatic carbocycles. The van der Waals surface area contributed by atoms with Gasteiger partial charge < -0.3 is 5.32 Å². The summed E-state index contributed by atoms with van der Waals surface area (Å²) in [5.74, 6) is 0.561. The number of sulfonamides is 1. The Labute approximate surface area is 128 Å². The number of rotatable bonds is 8. The second-order valence-electron chi connectivity index (χ2n) is 6.08. The summed E-state index contributed by atoms with van der Waals surface area (Å²) >= 11 is 0. The van der Waals surface area contributed by atoms with E-state index in [0.29, 0.717) is 36.5 Å². The Bertz CT molecular complexity index is 565. The van der Waals surface area contributed by atoms with Crippen molar-refractivity contribution in [3.05, 3.63) is 29.8 Å². The maximum Gasteiger partial charge on any atom is 0.243 e. The van der Waals surface area contributed by atoms with Gasteiger partial charge in [0.05, 0.1) is 4.90 Å². The zero-order valence-electron chi connectivity index (χ0n) is 13.2. The van der Waals surface area contributed by atoms with Gasteiger partial charge in [0.25, 0.3) is 0 Å². The second kappa shape index (κ2) is 6.90. The van der Waals surface area contributed by atoms with E-state index in [4.69, 9.17) is 0 Å². The molecule has 1 aromatic rings. The molecule has 1 N–H and O–H groups in total. The first-order chi connectivity index (χ1) is 9.93. The molecule has 0 unspecified atom stereocenters. The molecule has 0 bridgehead atoms. The molecule has 0 heterocycles. The highest BCUT2D eigenvalue weighted by atomic mass is 32.2. The number of nitrogens with one attached hydrogen (secondary N) is 1. The first-order valence-electron chi connectivity index (χ1n) is 7.76. The highest BCUT2D eigenvalue weighted by Crippen LogP contribution is 2.31. The minimum Gasteiger partial charge on any atom is -0.310 e. The Morgan fingerprint density at radius 2 is 2.05 bits per heavy atom. The fourth-order valence-corrected chi connectivity index (χ4v) is 3.87. The minimum atomic E-state index is -3.36. The van der Waals surface area contributed by atoms with Crippen molar-refractivity contribution in [1.82, 2.24) is 9.62 Å². The van der Waals surface area contributed by atoms with E-state index in [1.54, 1.807) is 16.4 Å². The number of hydrogen-bond donors (Lipinski definition) is 1. The summed E-state index contributed by atoms with van der Waals surface area (Å²) in [5, 5.41) is 3.32. The zero-order valence-corrected chi connectivity index (χ0v) is 14.0. The Morgan fingerprint density at radius 3 is 2.62 bits per heavy atom. The summed E-state index contributed by atoms with van der Waals surface area (Å²) in [6.45, 7) is 7.95. The molecular weight excluding hydrogens is 284 g/mol. The summed E-state index contributed by atoms with van der Waals surface area (Å²) in [4.78, 5) is 0.410. The van der Waals surface area contributed by atoms with E-state index in [0.717, 1.165) is 18.4 Å². The van der Waals surface area contributed by atoms with Crippen LogP contribution < -0.4 is 5.32 Å². The molecule has 0 saturated heterocycles. The van der Waals surface area contributed by atoms with Crippen molar-refractivity contribution in [2.75, 3.05) is 13.1 Å². The average Bonchev–Trinajstić information content (AvgIpc) is 3.26. The van der Waals surface area contributed by atoms with E-state index in [9.17, 15) is 8.42 Å². The summed E-state index contributed by atoms with van der Waals surface area (Å²) in [6, 6.07) is 7.66. The third-order valence-corrected chi connectivity index (χ3v) is 5.70. The van der Waals surface area contributed by atoms with Crippen LogP contribution >= 0.6 is 0 Å². The second-order valence-corrected chi connectivity index (χ2v) is 8.02. The predicted octanol–water partition coefficient (Wildman–Crippen LogP) is 2.61. The van der Waals surface area contributed by atoms with Crippen LogP contribution in [-0.2, 0) is 16.6 Å². The van der Waals surface area contributed by atoms with Gasteiger partial charge >= 0.3 is 0 Å². The Kier molecular flexibility index (Phi) is 5.41. The van der Waals surface area contributed by atoms with Crippen LogP contribution in [0.2, 0.25) is 0 Å². The van der Waals surface area contributed by atoms with Gasteiger partial charge in [-0.1, -0.05) is 32.9 Å². The normalized spacial score (nSPS) is 15.9. The fraction of sp³-hybridized carbons (Fsp3) is 0.625. The Morgan fingerprint density at radius 1 is 1.33 bits per heavy atom. The van der Waals surface area contributed by atoms with Gasteiger partial charge in [-0.05, 0) is 36.5 Å². The van der Waals surface area contributed by atoms with Gasteiger partial charge in [-0.3, -0.25) is 0 Å². The van der Waals surface area contributed by atoms with E-state index >= 15 is 0 Å². The maximum atomic E-state index is 12.7. The summed E-state index contributed by atoms with van der Waals surface area (Å²) in [7, 11) is -3.36. The molecule has 1 fully saturated rings. The molecule has 118 valence electrons. The number of benzene rings is 1. The van der Waals surface area contributed by atoms with Crippen molar-refractivity contribution >= 4 is 10.0 Å². The van der Waals surface area contributed by atoms with Gasteiger partial charge in [-0.15, -0.1) is 0 Å². The Hall–Kier alpha value is -0.910. The van der Waals surface area contributed by atoms with Crippen LogP contribution in [0.15, 0.2) is 29.2 Å². The SMILES string of the molecule is CCN(CC1CC1)S(=O)(=O)c1cccc(CNC(C)C)c1. The van der Waals surface area contributed by atoms with Gasteiger partial charge in [-0.25, -0.2) is 8.42 Å². The standard InChI is InChI=1S/C16H26N2O2S/c1-4-18(12-14-8-9-14)21(19,20)16-7-5-6-15(10-16)11-17-13(2)3/h5-7,10,13-14,17H,4,8-9,11-12H2,1-3H3. The molecule has 5 heteroatoms. The van der Waals surface area contributed by atoms with Crippen molar-refractivity contribution in [3.8, 4) is 0 Å². The summed E-state index contributed by atoms with van der Waals surface area (Å²) in [5.41, 5.74) is 1.01. The summed E-state index contributed by atoms with van der Waals surface area (Å²) < 4.78 is 27.1. The van der Waals surface area contributed by atoms with Crippen LogP contribution in [0, 0.1) is 5.92 Å². The molecule has 0 atom stereocenters. The fourth-order valence-electron chi connectivity index (χ4n) is 2.27. The molecule has 4 nitrogen and oxygen atoms in total. The molecule has 1 aliphatic rings. The van der Waals surface area contributed by atoms with Crippen LogP contribution in [0.1, 0.15) is 39.2 Å². The quantitative estimate of drug-likeness (QED) is 0.803. The Balaban J connectivity index is 2.16. The number of hydrogen-bond acceptors (Lipinski definition) is 3. The molecule has 0 aromatic heterocycles. The lowest BCUT2D eigenvalue weighted by Gasteiger charge is -2.20. The van der Waals surface area contributed by atoms with Crippen LogP contribution in [0.4, 0.5) is 0 Å². The van der Waals surface area contributed by atoms with E-state index < -0.39 is 10.0 Å². The highest BCUT2D eigenvalue weighted by Gasteiger charge is 2.30. The smallest absolute Gasteiger partial charge is 0.243 e. The monoisotopic (exact) mass is 310 g/mol. The average molecular weight is 310 g/mol. The van der Waals surface area contributed by atoms with Crippen LogP contribution in [0.5, 0.6) is 0 Å². The van der Waals surface area contributed by atoms with Crippen LogP contribution in [-0.4, -0.2) is 31.9 Å².